The minimum absolute atomic E-state index is 1.06. The third-order valence-corrected chi connectivity index (χ3v) is 2.10. The number of hydrazine groups is 1. The van der Waals surface area contributed by atoms with Gasteiger partial charge in [-0.05, 0) is 13.3 Å². The van der Waals surface area contributed by atoms with Gasteiger partial charge >= 0.3 is 0 Å². The molecule has 0 aromatic rings. The lowest BCUT2D eigenvalue weighted by molar-refractivity contribution is 0.0324. The SMILES string of the molecule is C=C/C=C(\C)CCN(CC)N(C)C. The van der Waals surface area contributed by atoms with E-state index in [1.807, 2.05) is 6.08 Å². The largest absolute Gasteiger partial charge is 0.248 e. The van der Waals surface area contributed by atoms with E-state index in [0.717, 1.165) is 19.5 Å². The van der Waals surface area contributed by atoms with Crippen molar-refractivity contribution in [1.82, 2.24) is 10.0 Å². The van der Waals surface area contributed by atoms with Gasteiger partial charge in [0.25, 0.3) is 0 Å². The Labute approximate surface area is 82.5 Å². The van der Waals surface area contributed by atoms with Crippen LogP contribution in [0.4, 0.5) is 0 Å². The summed E-state index contributed by atoms with van der Waals surface area (Å²) in [5.74, 6) is 0. The zero-order valence-electron chi connectivity index (χ0n) is 9.38. The number of hydrogen-bond donors (Lipinski definition) is 0. The number of nitrogens with zero attached hydrogens (tertiary/aromatic N) is 2. The predicted molar refractivity (Wildman–Crippen MR) is 59.5 cm³/mol. The summed E-state index contributed by atoms with van der Waals surface area (Å²) in [6, 6.07) is 0. The Morgan fingerprint density at radius 1 is 1.38 bits per heavy atom. The van der Waals surface area contributed by atoms with Crippen molar-refractivity contribution in [2.75, 3.05) is 27.2 Å². The van der Waals surface area contributed by atoms with Crippen LogP contribution in [0.2, 0.25) is 0 Å². The Morgan fingerprint density at radius 3 is 2.38 bits per heavy atom. The first-order valence-corrected chi connectivity index (χ1v) is 4.82. The Hall–Kier alpha value is -0.600. The summed E-state index contributed by atoms with van der Waals surface area (Å²) in [6.07, 6.45) is 5.03. The van der Waals surface area contributed by atoms with E-state index in [0.29, 0.717) is 0 Å². The molecule has 0 aromatic heterocycles. The molecule has 0 saturated heterocycles. The highest BCUT2D eigenvalue weighted by Crippen LogP contribution is 2.02. The number of allylic oxidation sites excluding steroid dienone is 2. The van der Waals surface area contributed by atoms with E-state index in [1.54, 1.807) is 0 Å². The van der Waals surface area contributed by atoms with Crippen LogP contribution in [-0.4, -0.2) is 37.2 Å². The lowest BCUT2D eigenvalue weighted by Crippen LogP contribution is -2.37. The Kier molecular flexibility index (Phi) is 6.55. The molecule has 0 spiro atoms. The highest BCUT2D eigenvalue weighted by molar-refractivity contribution is 5.07. The van der Waals surface area contributed by atoms with Gasteiger partial charge in [0, 0.05) is 27.2 Å². The molecular formula is C11H22N2. The maximum absolute atomic E-state index is 3.68. The quantitative estimate of drug-likeness (QED) is 0.459. The summed E-state index contributed by atoms with van der Waals surface area (Å²) in [7, 11) is 4.16. The van der Waals surface area contributed by atoms with Gasteiger partial charge in [-0.25, -0.2) is 10.0 Å². The summed E-state index contributed by atoms with van der Waals surface area (Å²) in [6.45, 7) is 10.1. The van der Waals surface area contributed by atoms with Crippen LogP contribution in [0.15, 0.2) is 24.3 Å². The van der Waals surface area contributed by atoms with Crippen molar-refractivity contribution >= 4 is 0 Å². The van der Waals surface area contributed by atoms with Gasteiger partial charge in [-0.1, -0.05) is 31.2 Å². The standard InChI is InChI=1S/C11H22N2/c1-6-8-11(3)9-10-13(7-2)12(4)5/h6,8H,1,7,9-10H2,2-5H3/b11-8+. The molecule has 2 heteroatoms. The molecule has 0 aliphatic heterocycles. The van der Waals surface area contributed by atoms with Crippen molar-refractivity contribution < 1.29 is 0 Å². The molecule has 0 N–H and O–H groups in total. The lowest BCUT2D eigenvalue weighted by Gasteiger charge is -2.27. The first-order chi connectivity index (χ1) is 6.11. The molecule has 76 valence electrons. The highest BCUT2D eigenvalue weighted by Gasteiger charge is 2.03. The second-order valence-corrected chi connectivity index (χ2v) is 3.39. The fourth-order valence-corrected chi connectivity index (χ4v) is 1.23. The van der Waals surface area contributed by atoms with Crippen LogP contribution in [0.1, 0.15) is 20.3 Å². The molecule has 0 aromatic carbocycles. The molecule has 0 saturated carbocycles. The first-order valence-electron chi connectivity index (χ1n) is 4.82. The molecule has 0 aliphatic rings. The molecule has 0 atom stereocenters. The average molecular weight is 182 g/mol. The van der Waals surface area contributed by atoms with Crippen molar-refractivity contribution in [3.63, 3.8) is 0 Å². The molecule has 0 heterocycles. The fraction of sp³-hybridized carbons (Fsp3) is 0.636. The van der Waals surface area contributed by atoms with Crippen LogP contribution in [0.25, 0.3) is 0 Å². The first kappa shape index (κ1) is 12.4. The Balaban J connectivity index is 3.84. The van der Waals surface area contributed by atoms with Gasteiger partial charge in [0.2, 0.25) is 0 Å². The van der Waals surface area contributed by atoms with Gasteiger partial charge in [0.1, 0.15) is 0 Å². The minimum atomic E-state index is 1.06. The monoisotopic (exact) mass is 182 g/mol. The van der Waals surface area contributed by atoms with E-state index >= 15 is 0 Å². The highest BCUT2D eigenvalue weighted by atomic mass is 15.6. The molecule has 0 bridgehead atoms. The summed E-state index contributed by atoms with van der Waals surface area (Å²) < 4.78 is 0. The summed E-state index contributed by atoms with van der Waals surface area (Å²) >= 11 is 0. The molecule has 0 radical (unpaired) electrons. The van der Waals surface area contributed by atoms with E-state index in [9.17, 15) is 0 Å². The van der Waals surface area contributed by atoms with Crippen LogP contribution in [0.3, 0.4) is 0 Å². The van der Waals surface area contributed by atoms with Gasteiger partial charge in [0.05, 0.1) is 0 Å². The van der Waals surface area contributed by atoms with Crippen molar-refractivity contribution in [1.29, 1.82) is 0 Å². The molecular weight excluding hydrogens is 160 g/mol. The van der Waals surface area contributed by atoms with E-state index in [-0.39, 0.29) is 0 Å². The lowest BCUT2D eigenvalue weighted by atomic mass is 10.2. The van der Waals surface area contributed by atoms with Crippen LogP contribution in [0.5, 0.6) is 0 Å². The van der Waals surface area contributed by atoms with Crippen molar-refractivity contribution in [2.45, 2.75) is 20.3 Å². The Bertz CT molecular complexity index is 171. The van der Waals surface area contributed by atoms with Crippen LogP contribution >= 0.6 is 0 Å². The third-order valence-electron chi connectivity index (χ3n) is 2.10. The predicted octanol–water partition coefficient (Wildman–Crippen LogP) is 2.31. The molecule has 13 heavy (non-hydrogen) atoms. The van der Waals surface area contributed by atoms with Crippen LogP contribution in [0, 0.1) is 0 Å². The maximum Gasteiger partial charge on any atom is 0.0170 e. The molecule has 0 aliphatic carbocycles. The maximum atomic E-state index is 3.68. The Morgan fingerprint density at radius 2 is 2.00 bits per heavy atom. The summed E-state index contributed by atoms with van der Waals surface area (Å²) in [5, 5.41) is 4.45. The smallest absolute Gasteiger partial charge is 0.0170 e. The molecule has 0 amide bonds. The van der Waals surface area contributed by atoms with Crippen LogP contribution in [-0.2, 0) is 0 Å². The van der Waals surface area contributed by atoms with Gasteiger partial charge in [-0.3, -0.25) is 0 Å². The second kappa shape index (κ2) is 6.87. The van der Waals surface area contributed by atoms with Crippen molar-refractivity contribution in [3.8, 4) is 0 Å². The van der Waals surface area contributed by atoms with E-state index in [2.05, 4.69) is 50.6 Å². The van der Waals surface area contributed by atoms with Crippen molar-refractivity contribution in [2.24, 2.45) is 0 Å². The van der Waals surface area contributed by atoms with Gasteiger partial charge in [0.15, 0.2) is 0 Å². The average Bonchev–Trinajstić information content (AvgIpc) is 2.05. The molecule has 0 fully saturated rings. The van der Waals surface area contributed by atoms with Gasteiger partial charge < -0.3 is 0 Å². The fourth-order valence-electron chi connectivity index (χ4n) is 1.23. The van der Waals surface area contributed by atoms with E-state index in [1.165, 1.54) is 5.57 Å². The van der Waals surface area contributed by atoms with Gasteiger partial charge in [-0.2, -0.15) is 0 Å². The molecule has 0 unspecified atom stereocenters. The minimum Gasteiger partial charge on any atom is -0.248 e. The van der Waals surface area contributed by atoms with Gasteiger partial charge in [-0.15, -0.1) is 0 Å². The number of hydrogen-bond acceptors (Lipinski definition) is 2. The zero-order valence-corrected chi connectivity index (χ0v) is 9.38. The summed E-state index contributed by atoms with van der Waals surface area (Å²) in [4.78, 5) is 0. The topological polar surface area (TPSA) is 6.48 Å². The second-order valence-electron chi connectivity index (χ2n) is 3.39. The van der Waals surface area contributed by atoms with Crippen molar-refractivity contribution in [3.05, 3.63) is 24.3 Å². The van der Waals surface area contributed by atoms with E-state index in [4.69, 9.17) is 0 Å². The molecule has 2 nitrogen and oxygen atoms in total. The third kappa shape index (κ3) is 5.61. The molecule has 0 rings (SSSR count). The zero-order chi connectivity index (χ0) is 10.3. The van der Waals surface area contributed by atoms with Crippen LogP contribution < -0.4 is 0 Å². The van der Waals surface area contributed by atoms with E-state index < -0.39 is 0 Å². The normalized spacial score (nSPS) is 12.6. The summed E-state index contributed by atoms with van der Waals surface area (Å²) in [5.41, 5.74) is 1.38. The number of rotatable bonds is 6.